The van der Waals surface area contributed by atoms with Crippen molar-refractivity contribution in [2.24, 2.45) is 5.92 Å². The SMILES string of the molecule is Cc1cc(C(=O)NCCC2CCCN(C(=O)OC(C)(C)C)C2)ccc1[N+](=O)[O-]. The van der Waals surface area contributed by atoms with Gasteiger partial charge in [0.1, 0.15) is 5.60 Å². The predicted molar refractivity (Wildman–Crippen MR) is 105 cm³/mol. The Kier molecular flexibility index (Phi) is 6.99. The van der Waals surface area contributed by atoms with Gasteiger partial charge in [-0.25, -0.2) is 4.79 Å². The van der Waals surface area contributed by atoms with Crippen LogP contribution in [-0.4, -0.2) is 47.1 Å². The Morgan fingerprint density at radius 2 is 2.07 bits per heavy atom. The van der Waals surface area contributed by atoms with E-state index in [2.05, 4.69) is 5.32 Å². The number of benzene rings is 1. The number of nitro groups is 1. The van der Waals surface area contributed by atoms with Crippen LogP contribution in [0.1, 0.15) is 56.0 Å². The van der Waals surface area contributed by atoms with E-state index in [-0.39, 0.29) is 17.7 Å². The molecule has 0 aromatic heterocycles. The molecule has 154 valence electrons. The monoisotopic (exact) mass is 391 g/mol. The van der Waals surface area contributed by atoms with E-state index < -0.39 is 10.5 Å². The fraction of sp³-hybridized carbons (Fsp3) is 0.600. The number of carbonyl (C=O) groups excluding carboxylic acids is 2. The van der Waals surface area contributed by atoms with E-state index in [1.165, 1.54) is 18.2 Å². The Balaban J connectivity index is 1.82. The molecular formula is C20H29N3O5. The van der Waals surface area contributed by atoms with Gasteiger partial charge in [0.05, 0.1) is 4.92 Å². The molecule has 1 fully saturated rings. The molecule has 2 rings (SSSR count). The molecule has 1 N–H and O–H groups in total. The van der Waals surface area contributed by atoms with Gasteiger partial charge >= 0.3 is 6.09 Å². The van der Waals surface area contributed by atoms with E-state index >= 15 is 0 Å². The molecule has 28 heavy (non-hydrogen) atoms. The van der Waals surface area contributed by atoms with Crippen molar-refractivity contribution < 1.29 is 19.2 Å². The van der Waals surface area contributed by atoms with Gasteiger partial charge in [-0.2, -0.15) is 0 Å². The summed E-state index contributed by atoms with van der Waals surface area (Å²) in [6.07, 6.45) is 2.39. The molecule has 0 spiro atoms. The van der Waals surface area contributed by atoms with Gasteiger partial charge < -0.3 is 15.0 Å². The Labute approximate surface area is 165 Å². The zero-order valence-corrected chi connectivity index (χ0v) is 17.0. The third-order valence-electron chi connectivity index (χ3n) is 4.66. The van der Waals surface area contributed by atoms with Crippen molar-refractivity contribution in [1.29, 1.82) is 0 Å². The van der Waals surface area contributed by atoms with Crippen molar-refractivity contribution in [3.8, 4) is 0 Å². The third kappa shape index (κ3) is 6.21. The maximum atomic E-state index is 12.3. The second-order valence-corrected chi connectivity index (χ2v) is 8.24. The fourth-order valence-electron chi connectivity index (χ4n) is 3.29. The lowest BCUT2D eigenvalue weighted by Gasteiger charge is -2.34. The Morgan fingerprint density at radius 1 is 1.36 bits per heavy atom. The van der Waals surface area contributed by atoms with Gasteiger partial charge in [-0.15, -0.1) is 0 Å². The number of hydrogen-bond donors (Lipinski definition) is 1. The number of nitro benzene ring substituents is 1. The van der Waals surface area contributed by atoms with Gasteiger partial charge in [0.25, 0.3) is 11.6 Å². The van der Waals surface area contributed by atoms with Gasteiger partial charge in [0.2, 0.25) is 0 Å². The van der Waals surface area contributed by atoms with Crippen LogP contribution < -0.4 is 5.32 Å². The largest absolute Gasteiger partial charge is 0.444 e. The normalized spacial score (nSPS) is 17.1. The van der Waals surface area contributed by atoms with Crippen molar-refractivity contribution in [2.75, 3.05) is 19.6 Å². The third-order valence-corrected chi connectivity index (χ3v) is 4.66. The Hall–Kier alpha value is -2.64. The number of nitrogens with one attached hydrogen (secondary N) is 1. The van der Waals surface area contributed by atoms with Crippen LogP contribution in [-0.2, 0) is 4.74 Å². The minimum Gasteiger partial charge on any atom is -0.444 e. The first-order valence-electron chi connectivity index (χ1n) is 9.58. The van der Waals surface area contributed by atoms with Crippen LogP contribution >= 0.6 is 0 Å². The zero-order valence-electron chi connectivity index (χ0n) is 17.0. The number of amides is 2. The van der Waals surface area contributed by atoms with Gasteiger partial charge in [-0.1, -0.05) is 0 Å². The van der Waals surface area contributed by atoms with Crippen LogP contribution in [0.4, 0.5) is 10.5 Å². The average molecular weight is 391 g/mol. The summed E-state index contributed by atoms with van der Waals surface area (Å²) in [7, 11) is 0. The van der Waals surface area contributed by atoms with Crippen LogP contribution in [0.25, 0.3) is 0 Å². The van der Waals surface area contributed by atoms with E-state index in [0.717, 1.165) is 19.3 Å². The van der Waals surface area contributed by atoms with Gasteiger partial charge in [-0.3, -0.25) is 14.9 Å². The van der Waals surface area contributed by atoms with E-state index in [0.29, 0.717) is 36.7 Å². The molecule has 8 heteroatoms. The van der Waals surface area contributed by atoms with E-state index in [4.69, 9.17) is 4.74 Å². The van der Waals surface area contributed by atoms with Crippen LogP contribution in [0.3, 0.4) is 0 Å². The lowest BCUT2D eigenvalue weighted by Crippen LogP contribution is -2.43. The predicted octanol–water partition coefficient (Wildman–Crippen LogP) is 3.67. The van der Waals surface area contributed by atoms with Crippen molar-refractivity contribution >= 4 is 17.7 Å². The first-order valence-corrected chi connectivity index (χ1v) is 9.58. The van der Waals surface area contributed by atoms with Crippen LogP contribution in [0.5, 0.6) is 0 Å². The number of likely N-dealkylation sites (tertiary alicyclic amines) is 1. The molecule has 0 bridgehead atoms. The molecule has 1 aromatic carbocycles. The highest BCUT2D eigenvalue weighted by Crippen LogP contribution is 2.22. The minimum absolute atomic E-state index is 0.000917. The second kappa shape index (κ2) is 9.03. The first kappa shape index (κ1) is 21.7. The second-order valence-electron chi connectivity index (χ2n) is 8.24. The summed E-state index contributed by atoms with van der Waals surface area (Å²) in [4.78, 5) is 36.6. The van der Waals surface area contributed by atoms with E-state index in [1.54, 1.807) is 11.8 Å². The zero-order chi connectivity index (χ0) is 20.9. The number of aryl methyl sites for hydroxylation is 1. The van der Waals surface area contributed by atoms with Crippen molar-refractivity contribution in [2.45, 2.75) is 52.6 Å². The number of nitrogens with zero attached hydrogens (tertiary/aromatic N) is 2. The number of ether oxygens (including phenoxy) is 1. The molecule has 8 nitrogen and oxygen atoms in total. The summed E-state index contributed by atoms with van der Waals surface area (Å²) in [5.41, 5.74) is 0.349. The standard InChI is InChI=1S/C20H29N3O5/c1-14-12-16(7-8-17(14)23(26)27)18(24)21-10-9-15-6-5-11-22(13-15)19(25)28-20(2,3)4/h7-8,12,15H,5-6,9-11,13H2,1-4H3,(H,21,24). The Bertz CT molecular complexity index is 742. The van der Waals surface area contributed by atoms with Gasteiger partial charge in [-0.05, 0) is 65.0 Å². The Morgan fingerprint density at radius 3 is 2.68 bits per heavy atom. The van der Waals surface area contributed by atoms with E-state index in [1.807, 2.05) is 20.8 Å². The lowest BCUT2D eigenvalue weighted by molar-refractivity contribution is -0.385. The van der Waals surface area contributed by atoms with Crippen LogP contribution in [0.15, 0.2) is 18.2 Å². The summed E-state index contributed by atoms with van der Waals surface area (Å²) < 4.78 is 5.43. The molecule has 1 saturated heterocycles. The molecular weight excluding hydrogens is 362 g/mol. The summed E-state index contributed by atoms with van der Waals surface area (Å²) in [6.45, 7) is 8.97. The molecule has 0 radical (unpaired) electrons. The molecule has 1 aliphatic heterocycles. The van der Waals surface area contributed by atoms with Crippen molar-refractivity contribution in [1.82, 2.24) is 10.2 Å². The minimum atomic E-state index is -0.513. The molecule has 0 aliphatic carbocycles. The highest BCUT2D eigenvalue weighted by Gasteiger charge is 2.27. The molecule has 0 saturated carbocycles. The number of piperidine rings is 1. The average Bonchev–Trinajstić information content (AvgIpc) is 2.60. The highest BCUT2D eigenvalue weighted by molar-refractivity contribution is 5.94. The van der Waals surface area contributed by atoms with Crippen molar-refractivity contribution in [3.05, 3.63) is 39.4 Å². The number of hydrogen-bond acceptors (Lipinski definition) is 5. The smallest absolute Gasteiger partial charge is 0.410 e. The summed E-state index contributed by atoms with van der Waals surface area (Å²) >= 11 is 0. The molecule has 1 unspecified atom stereocenters. The summed E-state index contributed by atoms with van der Waals surface area (Å²) in [5.74, 6) is 0.0537. The number of rotatable bonds is 5. The molecule has 1 aliphatic rings. The van der Waals surface area contributed by atoms with E-state index in [9.17, 15) is 19.7 Å². The lowest BCUT2D eigenvalue weighted by atomic mass is 9.95. The fourth-order valence-corrected chi connectivity index (χ4v) is 3.29. The quantitative estimate of drug-likeness (QED) is 0.609. The van der Waals surface area contributed by atoms with Gasteiger partial charge in [0.15, 0.2) is 0 Å². The summed E-state index contributed by atoms with van der Waals surface area (Å²) in [6, 6.07) is 4.34. The van der Waals surface area contributed by atoms with Crippen LogP contribution in [0, 0.1) is 23.0 Å². The maximum absolute atomic E-state index is 12.3. The van der Waals surface area contributed by atoms with Gasteiger partial charge in [0, 0.05) is 36.8 Å². The molecule has 1 heterocycles. The first-order chi connectivity index (χ1) is 13.1. The molecule has 1 aromatic rings. The maximum Gasteiger partial charge on any atom is 0.410 e. The molecule has 1 atom stereocenters. The summed E-state index contributed by atoms with van der Waals surface area (Å²) in [5, 5.41) is 13.7. The topological polar surface area (TPSA) is 102 Å². The van der Waals surface area contributed by atoms with Crippen molar-refractivity contribution in [3.63, 3.8) is 0 Å². The van der Waals surface area contributed by atoms with Crippen LogP contribution in [0.2, 0.25) is 0 Å². The highest BCUT2D eigenvalue weighted by atomic mass is 16.6. The molecule has 2 amide bonds. The number of carbonyl (C=O) groups is 2.